The monoisotopic (exact) mass is 232 g/mol. The third-order valence-electron chi connectivity index (χ3n) is 2.38. The predicted octanol–water partition coefficient (Wildman–Crippen LogP) is 1.05. The molecule has 2 aromatic heterocycles. The minimum Gasteiger partial charge on any atom is -0.481 e. The molecule has 0 saturated heterocycles. The standard InChI is InChI=1S/C12H16N4O/c1-13-6-11-8-16(9-14-11)7-10-4-3-5-12(15-10)17-2/h3-5,8-9,13H,6-7H2,1-2H3. The van der Waals surface area contributed by atoms with E-state index in [9.17, 15) is 0 Å². The van der Waals surface area contributed by atoms with Crippen LogP contribution in [-0.4, -0.2) is 28.7 Å². The molecule has 2 rings (SSSR count). The van der Waals surface area contributed by atoms with Crippen LogP contribution < -0.4 is 10.1 Å². The third kappa shape index (κ3) is 3.04. The van der Waals surface area contributed by atoms with Gasteiger partial charge in [-0.2, -0.15) is 0 Å². The van der Waals surface area contributed by atoms with E-state index in [4.69, 9.17) is 4.74 Å². The molecule has 0 aliphatic carbocycles. The molecule has 90 valence electrons. The fourth-order valence-corrected chi connectivity index (χ4v) is 1.61. The molecule has 0 aliphatic heterocycles. The van der Waals surface area contributed by atoms with Crippen LogP contribution in [0.25, 0.3) is 0 Å². The van der Waals surface area contributed by atoms with Crippen LogP contribution in [-0.2, 0) is 13.1 Å². The molecule has 2 aromatic rings. The first kappa shape index (κ1) is 11.6. The molecule has 0 bridgehead atoms. The summed E-state index contributed by atoms with van der Waals surface area (Å²) in [6.07, 6.45) is 3.82. The summed E-state index contributed by atoms with van der Waals surface area (Å²) in [5.41, 5.74) is 1.98. The van der Waals surface area contributed by atoms with Crippen molar-refractivity contribution in [1.82, 2.24) is 19.9 Å². The van der Waals surface area contributed by atoms with Gasteiger partial charge in [0.2, 0.25) is 5.88 Å². The van der Waals surface area contributed by atoms with Crippen molar-refractivity contribution >= 4 is 0 Å². The molecule has 0 fully saturated rings. The molecule has 0 spiro atoms. The van der Waals surface area contributed by atoms with Crippen LogP contribution in [0.5, 0.6) is 5.88 Å². The van der Waals surface area contributed by atoms with E-state index in [2.05, 4.69) is 15.3 Å². The molecular weight excluding hydrogens is 216 g/mol. The van der Waals surface area contributed by atoms with E-state index in [0.29, 0.717) is 12.4 Å². The Bertz CT molecular complexity index is 481. The number of aromatic nitrogens is 3. The second-order valence-corrected chi connectivity index (χ2v) is 3.74. The van der Waals surface area contributed by atoms with Gasteiger partial charge in [0.15, 0.2) is 0 Å². The molecular formula is C12H16N4O. The van der Waals surface area contributed by atoms with Crippen LogP contribution in [0.3, 0.4) is 0 Å². The Hall–Kier alpha value is -1.88. The Labute approximate surface area is 100 Å². The summed E-state index contributed by atoms with van der Waals surface area (Å²) < 4.78 is 7.10. The number of hydrogen-bond donors (Lipinski definition) is 1. The van der Waals surface area contributed by atoms with E-state index in [1.54, 1.807) is 7.11 Å². The van der Waals surface area contributed by atoms with Gasteiger partial charge >= 0.3 is 0 Å². The minimum absolute atomic E-state index is 0.637. The topological polar surface area (TPSA) is 52.0 Å². The third-order valence-corrected chi connectivity index (χ3v) is 2.38. The van der Waals surface area contributed by atoms with Gasteiger partial charge in [0.25, 0.3) is 0 Å². The Morgan fingerprint density at radius 3 is 3.00 bits per heavy atom. The molecule has 17 heavy (non-hydrogen) atoms. The summed E-state index contributed by atoms with van der Waals surface area (Å²) in [5, 5.41) is 3.07. The molecule has 2 heterocycles. The van der Waals surface area contributed by atoms with Gasteiger partial charge in [0.1, 0.15) is 0 Å². The molecule has 0 unspecified atom stereocenters. The molecule has 0 aliphatic rings. The van der Waals surface area contributed by atoms with Gasteiger partial charge in [-0.3, -0.25) is 0 Å². The molecule has 1 N–H and O–H groups in total. The fourth-order valence-electron chi connectivity index (χ4n) is 1.61. The summed E-state index contributed by atoms with van der Waals surface area (Å²) in [5.74, 6) is 0.637. The number of hydrogen-bond acceptors (Lipinski definition) is 4. The van der Waals surface area contributed by atoms with Gasteiger partial charge in [-0.05, 0) is 13.1 Å². The lowest BCUT2D eigenvalue weighted by atomic mass is 10.3. The first-order valence-electron chi connectivity index (χ1n) is 5.47. The van der Waals surface area contributed by atoms with Crippen LogP contribution in [0.1, 0.15) is 11.4 Å². The number of imidazole rings is 1. The lowest BCUT2D eigenvalue weighted by Gasteiger charge is -2.03. The number of methoxy groups -OCH3 is 1. The Balaban J connectivity index is 2.08. The van der Waals surface area contributed by atoms with Gasteiger partial charge in [0, 0.05) is 18.8 Å². The van der Waals surface area contributed by atoms with Crippen molar-refractivity contribution in [3.05, 3.63) is 42.1 Å². The van der Waals surface area contributed by atoms with Crippen molar-refractivity contribution in [2.75, 3.05) is 14.2 Å². The summed E-state index contributed by atoms with van der Waals surface area (Å²) >= 11 is 0. The second-order valence-electron chi connectivity index (χ2n) is 3.74. The molecule has 0 amide bonds. The number of nitrogens with zero attached hydrogens (tertiary/aromatic N) is 3. The van der Waals surface area contributed by atoms with Gasteiger partial charge in [-0.15, -0.1) is 0 Å². The number of rotatable bonds is 5. The van der Waals surface area contributed by atoms with E-state index in [0.717, 1.165) is 17.9 Å². The van der Waals surface area contributed by atoms with Crippen molar-refractivity contribution in [3.8, 4) is 5.88 Å². The minimum atomic E-state index is 0.637. The maximum Gasteiger partial charge on any atom is 0.213 e. The first-order chi connectivity index (χ1) is 8.31. The highest BCUT2D eigenvalue weighted by atomic mass is 16.5. The van der Waals surface area contributed by atoms with Crippen molar-refractivity contribution in [2.45, 2.75) is 13.1 Å². The van der Waals surface area contributed by atoms with Gasteiger partial charge in [-0.25, -0.2) is 9.97 Å². The van der Waals surface area contributed by atoms with Crippen molar-refractivity contribution < 1.29 is 4.74 Å². The zero-order valence-corrected chi connectivity index (χ0v) is 10.1. The molecule has 0 saturated carbocycles. The Kier molecular flexibility index (Phi) is 3.72. The average Bonchev–Trinajstić information content (AvgIpc) is 2.77. The van der Waals surface area contributed by atoms with Gasteiger partial charge < -0.3 is 14.6 Å². The lowest BCUT2D eigenvalue weighted by molar-refractivity contribution is 0.396. The maximum absolute atomic E-state index is 5.09. The second kappa shape index (κ2) is 5.45. The predicted molar refractivity (Wildman–Crippen MR) is 64.9 cm³/mol. The highest BCUT2D eigenvalue weighted by Gasteiger charge is 2.01. The lowest BCUT2D eigenvalue weighted by Crippen LogP contribution is -2.05. The average molecular weight is 232 g/mol. The summed E-state index contributed by atoms with van der Waals surface area (Å²) in [4.78, 5) is 8.64. The largest absolute Gasteiger partial charge is 0.481 e. The van der Waals surface area contributed by atoms with E-state index in [1.807, 2.05) is 42.3 Å². The first-order valence-corrected chi connectivity index (χ1v) is 5.47. The Morgan fingerprint density at radius 1 is 1.35 bits per heavy atom. The molecule has 0 aromatic carbocycles. The SMILES string of the molecule is CNCc1cn(Cc2cccc(OC)n2)cn1. The van der Waals surface area contributed by atoms with Crippen LogP contribution in [0, 0.1) is 0 Å². The fraction of sp³-hybridized carbons (Fsp3) is 0.333. The normalized spacial score (nSPS) is 10.5. The molecule has 5 nitrogen and oxygen atoms in total. The maximum atomic E-state index is 5.09. The highest BCUT2D eigenvalue weighted by Crippen LogP contribution is 2.08. The number of ether oxygens (including phenoxy) is 1. The molecule has 5 heteroatoms. The van der Waals surface area contributed by atoms with E-state index >= 15 is 0 Å². The Morgan fingerprint density at radius 2 is 2.24 bits per heavy atom. The summed E-state index contributed by atoms with van der Waals surface area (Å²) in [6.45, 7) is 1.48. The van der Waals surface area contributed by atoms with Crippen LogP contribution in [0.2, 0.25) is 0 Å². The summed E-state index contributed by atoms with van der Waals surface area (Å²) in [7, 11) is 3.52. The van der Waals surface area contributed by atoms with E-state index < -0.39 is 0 Å². The number of nitrogens with one attached hydrogen (secondary N) is 1. The quantitative estimate of drug-likeness (QED) is 0.837. The summed E-state index contributed by atoms with van der Waals surface area (Å²) in [6, 6.07) is 5.75. The van der Waals surface area contributed by atoms with Crippen LogP contribution in [0.4, 0.5) is 0 Å². The highest BCUT2D eigenvalue weighted by molar-refractivity contribution is 5.16. The molecule has 0 atom stereocenters. The van der Waals surface area contributed by atoms with Crippen molar-refractivity contribution in [3.63, 3.8) is 0 Å². The van der Waals surface area contributed by atoms with Crippen molar-refractivity contribution in [1.29, 1.82) is 0 Å². The molecule has 0 radical (unpaired) electrons. The zero-order valence-electron chi connectivity index (χ0n) is 10.1. The smallest absolute Gasteiger partial charge is 0.213 e. The van der Waals surface area contributed by atoms with E-state index in [1.165, 1.54) is 0 Å². The van der Waals surface area contributed by atoms with Crippen molar-refractivity contribution in [2.24, 2.45) is 0 Å². The van der Waals surface area contributed by atoms with Gasteiger partial charge in [-0.1, -0.05) is 6.07 Å². The number of pyridine rings is 1. The van der Waals surface area contributed by atoms with Gasteiger partial charge in [0.05, 0.1) is 31.4 Å². The van der Waals surface area contributed by atoms with E-state index in [-0.39, 0.29) is 0 Å². The van der Waals surface area contributed by atoms with Crippen LogP contribution in [0.15, 0.2) is 30.7 Å². The van der Waals surface area contributed by atoms with Crippen LogP contribution >= 0.6 is 0 Å². The zero-order chi connectivity index (χ0) is 12.1.